The van der Waals surface area contributed by atoms with Crippen LogP contribution in [0.25, 0.3) is 38.6 Å². The molecule has 4 aromatic carbocycles. The van der Waals surface area contributed by atoms with Crippen molar-refractivity contribution in [2.75, 3.05) is 0 Å². The van der Waals surface area contributed by atoms with Crippen LogP contribution in [0.1, 0.15) is 5.56 Å². The molecule has 0 unspecified atom stereocenters. The first-order valence-electron chi connectivity index (χ1n) is 9.47. The van der Waals surface area contributed by atoms with Crippen molar-refractivity contribution in [3.8, 4) is 16.8 Å². The normalized spacial score (nSPS) is 11.2. The molecule has 0 fully saturated rings. The SMILES string of the molecule is Cc1ccc2c(c1)c1cc(-c3ccccc3[N+](=O)[O-])ccc1n2-c1ccccc1. The van der Waals surface area contributed by atoms with Crippen molar-refractivity contribution in [1.82, 2.24) is 4.57 Å². The molecule has 0 saturated carbocycles. The van der Waals surface area contributed by atoms with Gasteiger partial charge in [-0.05, 0) is 55.0 Å². The van der Waals surface area contributed by atoms with Gasteiger partial charge < -0.3 is 4.57 Å². The molecule has 0 amide bonds. The van der Waals surface area contributed by atoms with Crippen molar-refractivity contribution in [1.29, 1.82) is 0 Å². The minimum Gasteiger partial charge on any atom is -0.309 e. The summed E-state index contributed by atoms with van der Waals surface area (Å²) < 4.78 is 2.24. The minimum atomic E-state index is -0.322. The Morgan fingerprint density at radius 1 is 0.759 bits per heavy atom. The standard InChI is InChI=1S/C25H18N2O2/c1-17-11-13-23-21(15-17)22-16-18(20-9-5-6-10-25(20)27(28)29)12-14-24(22)26(23)19-7-3-2-4-8-19/h2-16H,1H3. The Morgan fingerprint density at radius 2 is 1.41 bits per heavy atom. The number of fused-ring (bicyclic) bond motifs is 3. The van der Waals surface area contributed by atoms with Gasteiger partial charge in [0.15, 0.2) is 0 Å². The molecule has 1 aromatic heterocycles. The number of aryl methyl sites for hydroxylation is 1. The molecular weight excluding hydrogens is 360 g/mol. The van der Waals surface area contributed by atoms with Crippen molar-refractivity contribution < 1.29 is 4.92 Å². The van der Waals surface area contributed by atoms with Gasteiger partial charge in [-0.15, -0.1) is 0 Å². The zero-order chi connectivity index (χ0) is 20.0. The van der Waals surface area contributed by atoms with Gasteiger partial charge in [-0.2, -0.15) is 0 Å². The van der Waals surface area contributed by atoms with E-state index < -0.39 is 0 Å². The number of aromatic nitrogens is 1. The van der Waals surface area contributed by atoms with E-state index in [1.54, 1.807) is 18.2 Å². The number of benzene rings is 4. The van der Waals surface area contributed by atoms with Crippen molar-refractivity contribution in [2.24, 2.45) is 0 Å². The van der Waals surface area contributed by atoms with Gasteiger partial charge in [-0.3, -0.25) is 10.1 Å². The molecule has 0 bridgehead atoms. The quantitative estimate of drug-likeness (QED) is 0.260. The van der Waals surface area contributed by atoms with Crippen LogP contribution in [-0.2, 0) is 0 Å². The lowest BCUT2D eigenvalue weighted by molar-refractivity contribution is -0.384. The smallest absolute Gasteiger partial charge is 0.277 e. The monoisotopic (exact) mass is 378 g/mol. The Labute approximate surface area is 167 Å². The number of hydrogen-bond acceptors (Lipinski definition) is 2. The molecule has 5 rings (SSSR count). The molecule has 29 heavy (non-hydrogen) atoms. The molecule has 4 nitrogen and oxygen atoms in total. The van der Waals surface area contributed by atoms with Gasteiger partial charge in [-0.25, -0.2) is 0 Å². The molecular formula is C25H18N2O2. The fourth-order valence-corrected chi connectivity index (χ4v) is 4.04. The average molecular weight is 378 g/mol. The fourth-order valence-electron chi connectivity index (χ4n) is 4.04. The molecule has 4 heteroatoms. The summed E-state index contributed by atoms with van der Waals surface area (Å²) in [7, 11) is 0. The minimum absolute atomic E-state index is 0.120. The molecule has 5 aromatic rings. The predicted molar refractivity (Wildman–Crippen MR) is 118 cm³/mol. The van der Waals surface area contributed by atoms with Crippen LogP contribution in [0.2, 0.25) is 0 Å². The Hall–Kier alpha value is -3.92. The zero-order valence-electron chi connectivity index (χ0n) is 15.9. The summed E-state index contributed by atoms with van der Waals surface area (Å²) in [4.78, 5) is 11.2. The van der Waals surface area contributed by atoms with Crippen LogP contribution in [0, 0.1) is 17.0 Å². The van der Waals surface area contributed by atoms with E-state index in [-0.39, 0.29) is 10.6 Å². The van der Waals surface area contributed by atoms with Gasteiger partial charge in [0.1, 0.15) is 0 Å². The maximum absolute atomic E-state index is 11.5. The van der Waals surface area contributed by atoms with Crippen molar-refractivity contribution in [3.05, 3.63) is 107 Å². The van der Waals surface area contributed by atoms with Gasteiger partial charge in [0.05, 0.1) is 21.5 Å². The van der Waals surface area contributed by atoms with E-state index in [4.69, 9.17) is 0 Å². The molecule has 0 radical (unpaired) electrons. The summed E-state index contributed by atoms with van der Waals surface area (Å²) in [6.07, 6.45) is 0. The van der Waals surface area contributed by atoms with E-state index >= 15 is 0 Å². The van der Waals surface area contributed by atoms with Crippen LogP contribution in [0.15, 0.2) is 91.0 Å². The van der Waals surface area contributed by atoms with Crippen molar-refractivity contribution in [2.45, 2.75) is 6.92 Å². The lowest BCUT2D eigenvalue weighted by atomic mass is 10.0. The van der Waals surface area contributed by atoms with Gasteiger partial charge >= 0.3 is 0 Å². The third-order valence-corrected chi connectivity index (χ3v) is 5.35. The fraction of sp³-hybridized carbons (Fsp3) is 0.0400. The predicted octanol–water partition coefficient (Wildman–Crippen LogP) is 6.67. The van der Waals surface area contributed by atoms with E-state index in [0.29, 0.717) is 5.56 Å². The molecule has 0 atom stereocenters. The first-order chi connectivity index (χ1) is 14.1. The van der Waals surface area contributed by atoms with E-state index in [1.165, 1.54) is 5.56 Å². The number of nitro groups is 1. The number of nitrogens with zero attached hydrogens (tertiary/aromatic N) is 2. The maximum Gasteiger partial charge on any atom is 0.277 e. The second-order valence-electron chi connectivity index (χ2n) is 7.20. The Bertz CT molecular complexity index is 1380. The van der Waals surface area contributed by atoms with Crippen LogP contribution in [0.4, 0.5) is 5.69 Å². The first-order valence-corrected chi connectivity index (χ1v) is 9.47. The Kier molecular flexibility index (Phi) is 3.91. The van der Waals surface area contributed by atoms with Crippen LogP contribution in [0.3, 0.4) is 0 Å². The molecule has 0 spiro atoms. The largest absolute Gasteiger partial charge is 0.309 e. The lowest BCUT2D eigenvalue weighted by Crippen LogP contribution is -1.93. The summed E-state index contributed by atoms with van der Waals surface area (Å²) >= 11 is 0. The first kappa shape index (κ1) is 17.2. The molecule has 1 heterocycles. The summed E-state index contributed by atoms with van der Waals surface area (Å²) in [5.41, 5.74) is 6.08. The molecule has 0 aliphatic rings. The Balaban J connectivity index is 1.85. The number of para-hydroxylation sites is 2. The van der Waals surface area contributed by atoms with Crippen molar-refractivity contribution >= 4 is 27.5 Å². The highest BCUT2D eigenvalue weighted by Gasteiger charge is 2.17. The average Bonchev–Trinajstić information content (AvgIpc) is 3.07. The second-order valence-corrected chi connectivity index (χ2v) is 7.20. The molecule has 0 aliphatic heterocycles. The zero-order valence-corrected chi connectivity index (χ0v) is 15.9. The van der Waals surface area contributed by atoms with Gasteiger partial charge in [0.25, 0.3) is 5.69 Å². The maximum atomic E-state index is 11.5. The van der Waals surface area contributed by atoms with Crippen LogP contribution < -0.4 is 0 Å². The highest BCUT2D eigenvalue weighted by atomic mass is 16.6. The summed E-state index contributed by atoms with van der Waals surface area (Å²) in [6, 6.07) is 29.7. The lowest BCUT2D eigenvalue weighted by Gasteiger charge is -2.08. The third kappa shape index (κ3) is 2.77. The molecule has 0 N–H and O–H groups in total. The van der Waals surface area contributed by atoms with Gasteiger partial charge in [0, 0.05) is 22.5 Å². The molecule has 140 valence electrons. The third-order valence-electron chi connectivity index (χ3n) is 5.35. The van der Waals surface area contributed by atoms with Gasteiger partial charge in [0.2, 0.25) is 0 Å². The summed E-state index contributed by atoms with van der Waals surface area (Å²) in [5.74, 6) is 0. The van der Waals surface area contributed by atoms with E-state index in [2.05, 4.69) is 54.0 Å². The van der Waals surface area contributed by atoms with E-state index in [9.17, 15) is 10.1 Å². The van der Waals surface area contributed by atoms with Crippen LogP contribution in [-0.4, -0.2) is 9.49 Å². The van der Waals surface area contributed by atoms with Crippen molar-refractivity contribution in [3.63, 3.8) is 0 Å². The highest BCUT2D eigenvalue weighted by Crippen LogP contribution is 2.37. The van der Waals surface area contributed by atoms with Gasteiger partial charge in [-0.1, -0.05) is 48.0 Å². The molecule has 0 saturated heterocycles. The topological polar surface area (TPSA) is 48.1 Å². The number of hydrogen-bond donors (Lipinski definition) is 0. The van der Waals surface area contributed by atoms with E-state index in [0.717, 1.165) is 33.1 Å². The number of nitro benzene ring substituents is 1. The highest BCUT2D eigenvalue weighted by molar-refractivity contribution is 6.10. The van der Waals surface area contributed by atoms with Crippen LogP contribution in [0.5, 0.6) is 0 Å². The molecule has 0 aliphatic carbocycles. The Morgan fingerprint density at radius 3 is 2.17 bits per heavy atom. The summed E-state index contributed by atoms with van der Waals surface area (Å²) in [6.45, 7) is 2.08. The van der Waals surface area contributed by atoms with Crippen LogP contribution >= 0.6 is 0 Å². The second kappa shape index (κ2) is 6.60. The summed E-state index contributed by atoms with van der Waals surface area (Å²) in [5, 5.41) is 13.7. The van der Waals surface area contributed by atoms with E-state index in [1.807, 2.05) is 30.3 Å². The number of rotatable bonds is 3.